The second-order valence-electron chi connectivity index (χ2n) is 20.9. The molecule has 0 aromatic carbocycles. The normalized spacial score (nSPS) is 11.6. The van der Waals surface area contributed by atoms with Gasteiger partial charge < -0.3 is 33.6 Å². The number of carbonyl (C=O) groups is 4. The van der Waals surface area contributed by atoms with Crippen molar-refractivity contribution in [1.29, 1.82) is 0 Å². The molecule has 0 aromatic rings. The number of unbranched alkanes of at least 4 members (excludes halogenated alkanes) is 18. The van der Waals surface area contributed by atoms with Crippen LogP contribution in [0.4, 0.5) is 9.59 Å². The second kappa shape index (κ2) is 51.9. The highest BCUT2D eigenvalue weighted by molar-refractivity contribution is 5.70. The molecule has 0 radical (unpaired) electrons. The van der Waals surface area contributed by atoms with Crippen molar-refractivity contribution in [2.75, 3.05) is 91.9 Å². The van der Waals surface area contributed by atoms with Crippen LogP contribution in [-0.2, 0) is 28.5 Å². The Morgan fingerprint density at radius 1 is 0.319 bits per heavy atom. The van der Waals surface area contributed by atoms with E-state index in [1.165, 1.54) is 103 Å². The zero-order valence-electron chi connectivity index (χ0n) is 48.7. The predicted octanol–water partition coefficient (Wildman–Crippen LogP) is 15.4. The molecule has 72 heavy (non-hydrogen) atoms. The fraction of sp³-hybridized carbons (Fsp3) is 0.933. The van der Waals surface area contributed by atoms with Crippen molar-refractivity contribution in [2.45, 2.75) is 261 Å². The smallest absolute Gasteiger partial charge is 0.409 e. The summed E-state index contributed by atoms with van der Waals surface area (Å²) in [5, 5.41) is 0. The highest BCUT2D eigenvalue weighted by Gasteiger charge is 2.20. The Morgan fingerprint density at radius 3 is 0.958 bits per heavy atom. The molecule has 0 aliphatic rings. The molecule has 0 N–H and O–H groups in total. The third-order valence-corrected chi connectivity index (χ3v) is 14.4. The van der Waals surface area contributed by atoms with E-state index in [2.05, 4.69) is 65.2 Å². The molecule has 0 rings (SSSR count). The number of rotatable bonds is 53. The molecule has 0 fully saturated rings. The average Bonchev–Trinajstić information content (AvgIpc) is 3.38. The summed E-state index contributed by atoms with van der Waals surface area (Å²) >= 11 is 0. The number of esters is 2. The van der Waals surface area contributed by atoms with Gasteiger partial charge in [-0.3, -0.25) is 14.5 Å². The van der Waals surface area contributed by atoms with E-state index in [1.807, 2.05) is 9.80 Å². The van der Waals surface area contributed by atoms with Gasteiger partial charge >= 0.3 is 24.1 Å². The zero-order valence-corrected chi connectivity index (χ0v) is 48.7. The van der Waals surface area contributed by atoms with Gasteiger partial charge in [0.05, 0.1) is 13.2 Å². The van der Waals surface area contributed by atoms with Crippen LogP contribution in [-0.4, -0.2) is 136 Å². The Morgan fingerprint density at radius 2 is 0.625 bits per heavy atom. The maximum Gasteiger partial charge on any atom is 0.409 e. The van der Waals surface area contributed by atoms with Crippen LogP contribution >= 0.6 is 0 Å². The van der Waals surface area contributed by atoms with Crippen molar-refractivity contribution < 1.29 is 38.1 Å². The van der Waals surface area contributed by atoms with E-state index < -0.39 is 0 Å². The highest BCUT2D eigenvalue weighted by Crippen LogP contribution is 2.20. The lowest BCUT2D eigenvalue weighted by Crippen LogP contribution is -2.41. The quantitative estimate of drug-likeness (QED) is 0.0331. The molecular formula is C60H118N4O8. The minimum Gasteiger partial charge on any atom is -0.465 e. The minimum atomic E-state index is -0.304. The van der Waals surface area contributed by atoms with Crippen LogP contribution in [0.3, 0.4) is 0 Å². The van der Waals surface area contributed by atoms with Crippen LogP contribution in [0, 0.1) is 11.8 Å². The molecule has 0 spiro atoms. The van der Waals surface area contributed by atoms with E-state index in [-0.39, 0.29) is 37.3 Å². The summed E-state index contributed by atoms with van der Waals surface area (Å²) in [4.78, 5) is 61.1. The topological polar surface area (TPSA) is 118 Å². The molecule has 0 aliphatic carbocycles. The number of likely N-dealkylation sites (N-methyl/N-ethyl adjacent to an activating group) is 1. The number of amides is 2. The van der Waals surface area contributed by atoms with Crippen LogP contribution in [0.25, 0.3) is 0 Å². The molecule has 0 saturated heterocycles. The van der Waals surface area contributed by atoms with Gasteiger partial charge in [-0.15, -0.1) is 0 Å². The maximum absolute atomic E-state index is 13.6. The zero-order chi connectivity index (χ0) is 53.1. The number of ether oxygens (including phenoxy) is 4. The number of hydrogen-bond acceptors (Lipinski definition) is 10. The monoisotopic (exact) mass is 1020 g/mol. The molecular weight excluding hydrogens is 905 g/mol. The summed E-state index contributed by atoms with van der Waals surface area (Å²) in [5.74, 6) is 0.632. The van der Waals surface area contributed by atoms with Gasteiger partial charge in [-0.05, 0) is 89.1 Å². The second-order valence-corrected chi connectivity index (χ2v) is 20.9. The van der Waals surface area contributed by atoms with E-state index in [4.69, 9.17) is 18.9 Å². The molecule has 0 aliphatic heterocycles. The lowest BCUT2D eigenvalue weighted by Gasteiger charge is -2.28. The van der Waals surface area contributed by atoms with Gasteiger partial charge in [0.25, 0.3) is 0 Å². The van der Waals surface area contributed by atoms with Crippen molar-refractivity contribution in [3.05, 3.63) is 0 Å². The average molecular weight is 1020 g/mol. The van der Waals surface area contributed by atoms with Crippen LogP contribution in [0.2, 0.25) is 0 Å². The van der Waals surface area contributed by atoms with E-state index in [0.717, 1.165) is 103 Å². The van der Waals surface area contributed by atoms with E-state index in [0.29, 0.717) is 90.0 Å². The van der Waals surface area contributed by atoms with E-state index in [9.17, 15) is 19.2 Å². The van der Waals surface area contributed by atoms with E-state index in [1.54, 1.807) is 0 Å². The Balaban J connectivity index is 5.41. The molecule has 12 nitrogen and oxygen atoms in total. The fourth-order valence-corrected chi connectivity index (χ4v) is 9.33. The van der Waals surface area contributed by atoms with Crippen molar-refractivity contribution in [2.24, 2.45) is 11.8 Å². The Bertz CT molecular complexity index is 1130. The summed E-state index contributed by atoms with van der Waals surface area (Å²) in [6, 6.07) is 0. The van der Waals surface area contributed by atoms with Crippen LogP contribution in [0.1, 0.15) is 261 Å². The van der Waals surface area contributed by atoms with E-state index >= 15 is 0 Å². The molecule has 426 valence electrons. The third-order valence-electron chi connectivity index (χ3n) is 14.4. The number of hydrogen-bond donors (Lipinski definition) is 0. The lowest BCUT2D eigenvalue weighted by molar-refractivity contribution is -0.146. The molecule has 0 saturated carbocycles. The number of carbonyl (C=O) groups excluding carboxylic acids is 4. The molecule has 2 amide bonds. The van der Waals surface area contributed by atoms with Gasteiger partial charge in [0.2, 0.25) is 0 Å². The van der Waals surface area contributed by atoms with Crippen molar-refractivity contribution >= 4 is 24.1 Å². The maximum atomic E-state index is 13.6. The summed E-state index contributed by atoms with van der Waals surface area (Å²) in [6.07, 6.45) is 32.9. The van der Waals surface area contributed by atoms with Gasteiger partial charge in [0, 0.05) is 65.2 Å². The summed E-state index contributed by atoms with van der Waals surface area (Å²) in [6.45, 7) is 26.2. The van der Waals surface area contributed by atoms with Gasteiger partial charge in [0.15, 0.2) is 0 Å². The van der Waals surface area contributed by atoms with Crippen LogP contribution in [0.15, 0.2) is 0 Å². The molecule has 0 bridgehead atoms. The molecule has 0 atom stereocenters. The first kappa shape index (κ1) is 69.4. The van der Waals surface area contributed by atoms with Crippen molar-refractivity contribution in [3.63, 3.8) is 0 Å². The summed E-state index contributed by atoms with van der Waals surface area (Å²) in [5.41, 5.74) is 0. The minimum absolute atomic E-state index is 0.131. The van der Waals surface area contributed by atoms with Crippen LogP contribution < -0.4 is 0 Å². The Labute approximate surface area is 444 Å². The largest absolute Gasteiger partial charge is 0.465 e. The van der Waals surface area contributed by atoms with Crippen molar-refractivity contribution in [1.82, 2.24) is 19.6 Å². The predicted molar refractivity (Wildman–Crippen MR) is 301 cm³/mol. The van der Waals surface area contributed by atoms with Crippen molar-refractivity contribution in [3.8, 4) is 0 Å². The molecule has 0 aromatic heterocycles. The highest BCUT2D eigenvalue weighted by atomic mass is 16.6. The standard InChI is InChI=1S/C60H118N4O8/c1-9-17-23-25-33-43-63(45-35-31-41-57(65)71-53-55(37-27-19-11-3)38-28-20-12-4)59(67)69-51-49-62(48-47-61(15-7)16-8)50-52-70-60(68)64(44-34-26-24-18-10-2)46-36-32-42-58(66)72-54-56(39-29-21-13-5)40-30-22-14-6/h55-56H,9-54H2,1-8H3. The lowest BCUT2D eigenvalue weighted by atomic mass is 9.96. The first-order chi connectivity index (χ1) is 35.1. The fourth-order valence-electron chi connectivity index (χ4n) is 9.33. The first-order valence-electron chi connectivity index (χ1n) is 30.7. The first-order valence-corrected chi connectivity index (χ1v) is 30.7. The Kier molecular flexibility index (Phi) is 50.0. The Hall–Kier alpha value is -2.60. The molecule has 12 heteroatoms. The van der Waals surface area contributed by atoms with Crippen LogP contribution in [0.5, 0.6) is 0 Å². The SMILES string of the molecule is CCCCCCCN(CCCCC(=O)OCC(CCCCC)CCCCC)C(=O)OCCN(CCOC(=O)N(CCCCCCC)CCCCC(=O)OCC(CCCCC)CCCCC)CCN(CC)CC. The van der Waals surface area contributed by atoms with Gasteiger partial charge in [0.1, 0.15) is 13.2 Å². The molecule has 0 heterocycles. The summed E-state index contributed by atoms with van der Waals surface area (Å²) in [7, 11) is 0. The van der Waals surface area contributed by atoms with Gasteiger partial charge in [-0.2, -0.15) is 0 Å². The third kappa shape index (κ3) is 41.7. The van der Waals surface area contributed by atoms with Gasteiger partial charge in [-0.1, -0.05) is 184 Å². The number of nitrogens with zero attached hydrogens (tertiary/aromatic N) is 4. The van der Waals surface area contributed by atoms with Gasteiger partial charge in [-0.25, -0.2) is 9.59 Å². The molecule has 0 unspecified atom stereocenters. The summed E-state index contributed by atoms with van der Waals surface area (Å²) < 4.78 is 23.5.